The van der Waals surface area contributed by atoms with Gasteiger partial charge in [0, 0.05) is 17.9 Å². The molecular formula is C20H17F3N2O3S2. The molecule has 0 bridgehead atoms. The minimum Gasteiger partial charge on any atom is -0.456 e. The van der Waals surface area contributed by atoms with E-state index >= 15 is 0 Å². The zero-order valence-corrected chi connectivity index (χ0v) is 17.2. The minimum atomic E-state index is -4.44. The van der Waals surface area contributed by atoms with Gasteiger partial charge in [-0.05, 0) is 42.8 Å². The Morgan fingerprint density at radius 2 is 1.83 bits per heavy atom. The summed E-state index contributed by atoms with van der Waals surface area (Å²) in [6.45, 7) is -0.495. The van der Waals surface area contributed by atoms with Gasteiger partial charge in [0.15, 0.2) is 10.9 Å². The number of fused-ring (bicyclic) bond motifs is 1. The first kappa shape index (κ1) is 22.1. The van der Waals surface area contributed by atoms with Gasteiger partial charge in [0.05, 0.1) is 15.8 Å². The molecule has 0 fully saturated rings. The molecule has 5 nitrogen and oxygen atoms in total. The van der Waals surface area contributed by atoms with Crippen molar-refractivity contribution in [2.75, 3.05) is 17.7 Å². The van der Waals surface area contributed by atoms with E-state index in [0.717, 1.165) is 38.8 Å². The van der Waals surface area contributed by atoms with Crippen molar-refractivity contribution in [2.45, 2.75) is 23.4 Å². The number of esters is 1. The molecule has 30 heavy (non-hydrogen) atoms. The first-order chi connectivity index (χ1) is 14.3. The van der Waals surface area contributed by atoms with E-state index in [0.29, 0.717) is 12.2 Å². The van der Waals surface area contributed by atoms with Gasteiger partial charge in [-0.3, -0.25) is 9.59 Å². The topological polar surface area (TPSA) is 68.3 Å². The van der Waals surface area contributed by atoms with E-state index in [4.69, 9.17) is 4.74 Å². The highest BCUT2D eigenvalue weighted by Gasteiger charge is 2.30. The van der Waals surface area contributed by atoms with Crippen LogP contribution in [-0.2, 0) is 20.5 Å². The molecule has 0 aliphatic rings. The van der Waals surface area contributed by atoms with Crippen LogP contribution in [0.3, 0.4) is 0 Å². The fourth-order valence-corrected chi connectivity index (χ4v) is 4.52. The van der Waals surface area contributed by atoms with Crippen LogP contribution in [0.25, 0.3) is 10.2 Å². The monoisotopic (exact) mass is 454 g/mol. The first-order valence-corrected chi connectivity index (χ1v) is 10.7. The lowest BCUT2D eigenvalue weighted by Crippen LogP contribution is -2.21. The van der Waals surface area contributed by atoms with E-state index in [1.807, 2.05) is 24.3 Å². The summed E-state index contributed by atoms with van der Waals surface area (Å²) < 4.78 is 44.5. The molecule has 0 spiro atoms. The number of ether oxygens (including phenoxy) is 1. The zero-order chi connectivity index (χ0) is 21.6. The third-order valence-corrected chi connectivity index (χ3v) is 6.15. The highest BCUT2D eigenvalue weighted by atomic mass is 32.2. The summed E-state index contributed by atoms with van der Waals surface area (Å²) in [5.41, 5.74) is 0.329. The summed E-state index contributed by atoms with van der Waals surface area (Å²) in [6.07, 6.45) is -3.71. The fraction of sp³-hybridized carbons (Fsp3) is 0.250. The summed E-state index contributed by atoms with van der Waals surface area (Å²) in [6, 6.07) is 11.9. The number of thiazole rings is 1. The molecule has 10 heteroatoms. The Kier molecular flexibility index (Phi) is 7.33. The van der Waals surface area contributed by atoms with Crippen molar-refractivity contribution in [1.29, 1.82) is 0 Å². The van der Waals surface area contributed by atoms with E-state index in [2.05, 4.69) is 10.3 Å². The van der Waals surface area contributed by atoms with E-state index < -0.39 is 30.2 Å². The Hall–Kier alpha value is -2.59. The Balaban J connectivity index is 1.33. The maximum Gasteiger partial charge on any atom is 0.416 e. The van der Waals surface area contributed by atoms with Gasteiger partial charge in [-0.25, -0.2) is 4.98 Å². The van der Waals surface area contributed by atoms with Crippen LogP contribution in [0.2, 0.25) is 0 Å². The Labute approximate surface area is 178 Å². The molecule has 0 aliphatic carbocycles. The molecule has 1 N–H and O–H groups in total. The molecular weight excluding hydrogens is 437 g/mol. The fourth-order valence-electron chi connectivity index (χ4n) is 2.45. The SMILES string of the molecule is O=C(COC(=O)CCCSc1nc2ccccc2s1)Nc1ccc(C(F)(F)F)cc1. The maximum atomic E-state index is 12.5. The average molecular weight is 454 g/mol. The molecule has 3 rings (SSSR count). The number of benzene rings is 2. The lowest BCUT2D eigenvalue weighted by Gasteiger charge is -2.09. The Morgan fingerprint density at radius 1 is 1.10 bits per heavy atom. The molecule has 2 aromatic carbocycles. The third kappa shape index (κ3) is 6.46. The molecule has 0 aliphatic heterocycles. The number of aromatic nitrogens is 1. The van der Waals surface area contributed by atoms with Gasteiger partial charge in [0.25, 0.3) is 5.91 Å². The Morgan fingerprint density at radius 3 is 2.53 bits per heavy atom. The minimum absolute atomic E-state index is 0.158. The lowest BCUT2D eigenvalue weighted by molar-refractivity contribution is -0.147. The van der Waals surface area contributed by atoms with Crippen molar-refractivity contribution in [3.63, 3.8) is 0 Å². The molecule has 0 radical (unpaired) electrons. The van der Waals surface area contributed by atoms with Gasteiger partial charge in [-0.2, -0.15) is 13.2 Å². The second-order valence-corrected chi connectivity index (χ2v) is 8.56. The van der Waals surface area contributed by atoms with Crippen LogP contribution in [0, 0.1) is 0 Å². The highest BCUT2D eigenvalue weighted by molar-refractivity contribution is 8.01. The number of alkyl halides is 3. The number of hydrogen-bond donors (Lipinski definition) is 1. The largest absolute Gasteiger partial charge is 0.456 e. The van der Waals surface area contributed by atoms with Crippen LogP contribution in [0.5, 0.6) is 0 Å². The number of para-hydroxylation sites is 1. The molecule has 3 aromatic rings. The summed E-state index contributed by atoms with van der Waals surface area (Å²) in [7, 11) is 0. The highest BCUT2D eigenvalue weighted by Crippen LogP contribution is 2.30. The summed E-state index contributed by atoms with van der Waals surface area (Å²) in [5, 5.41) is 2.38. The normalized spacial score (nSPS) is 11.4. The number of nitrogens with one attached hydrogen (secondary N) is 1. The summed E-state index contributed by atoms with van der Waals surface area (Å²) in [4.78, 5) is 28.0. The molecule has 0 unspecified atom stereocenters. The number of carbonyl (C=O) groups is 2. The van der Waals surface area contributed by atoms with Crippen molar-refractivity contribution >= 4 is 50.9 Å². The maximum absolute atomic E-state index is 12.5. The molecule has 1 amide bonds. The van der Waals surface area contributed by atoms with E-state index in [9.17, 15) is 22.8 Å². The molecule has 0 atom stereocenters. The molecule has 158 valence electrons. The quantitative estimate of drug-likeness (QED) is 0.282. The number of anilines is 1. The molecule has 1 aromatic heterocycles. The number of amides is 1. The van der Waals surface area contributed by atoms with Crippen LogP contribution in [0.4, 0.5) is 18.9 Å². The van der Waals surface area contributed by atoms with Crippen LogP contribution >= 0.6 is 23.1 Å². The van der Waals surface area contributed by atoms with Crippen molar-refractivity contribution in [1.82, 2.24) is 4.98 Å². The summed E-state index contributed by atoms with van der Waals surface area (Å²) in [5.74, 6) is -0.443. The standard InChI is InChI=1S/C20H17F3N2O3S2/c21-20(22,23)13-7-9-14(10-8-13)24-17(26)12-28-18(27)6-3-11-29-19-25-15-4-1-2-5-16(15)30-19/h1-2,4-5,7-10H,3,6,11-12H2,(H,24,26). The van der Waals surface area contributed by atoms with Crippen LogP contribution in [0.1, 0.15) is 18.4 Å². The predicted molar refractivity (Wildman–Crippen MR) is 111 cm³/mol. The number of rotatable bonds is 8. The molecule has 1 heterocycles. The van der Waals surface area contributed by atoms with Gasteiger partial charge in [-0.1, -0.05) is 23.9 Å². The van der Waals surface area contributed by atoms with Crippen molar-refractivity contribution in [3.8, 4) is 0 Å². The van der Waals surface area contributed by atoms with Gasteiger partial charge >= 0.3 is 12.1 Å². The number of thioether (sulfide) groups is 1. The molecule has 0 saturated carbocycles. The number of halogens is 3. The second-order valence-electron chi connectivity index (χ2n) is 6.18. The zero-order valence-electron chi connectivity index (χ0n) is 15.6. The van der Waals surface area contributed by atoms with Gasteiger partial charge in [-0.15, -0.1) is 11.3 Å². The third-order valence-electron chi connectivity index (χ3n) is 3.89. The van der Waals surface area contributed by atoms with E-state index in [-0.39, 0.29) is 12.1 Å². The van der Waals surface area contributed by atoms with Gasteiger partial charge in [0.2, 0.25) is 0 Å². The van der Waals surface area contributed by atoms with Gasteiger partial charge in [0.1, 0.15) is 0 Å². The van der Waals surface area contributed by atoms with E-state index in [1.54, 1.807) is 23.1 Å². The second kappa shape index (κ2) is 9.94. The molecule has 0 saturated heterocycles. The lowest BCUT2D eigenvalue weighted by atomic mass is 10.2. The number of hydrogen-bond acceptors (Lipinski definition) is 6. The first-order valence-electron chi connectivity index (χ1n) is 8.92. The predicted octanol–water partition coefficient (Wildman–Crippen LogP) is 5.37. The van der Waals surface area contributed by atoms with E-state index in [1.165, 1.54) is 0 Å². The van der Waals surface area contributed by atoms with Crippen LogP contribution in [0.15, 0.2) is 52.9 Å². The van der Waals surface area contributed by atoms with Crippen molar-refractivity contribution in [2.24, 2.45) is 0 Å². The Bertz CT molecular complexity index is 987. The summed E-state index contributed by atoms with van der Waals surface area (Å²) >= 11 is 3.15. The van der Waals surface area contributed by atoms with Crippen molar-refractivity contribution < 1.29 is 27.5 Å². The number of carbonyl (C=O) groups excluding carboxylic acids is 2. The smallest absolute Gasteiger partial charge is 0.416 e. The van der Waals surface area contributed by atoms with Crippen LogP contribution in [-0.4, -0.2) is 29.2 Å². The van der Waals surface area contributed by atoms with Crippen LogP contribution < -0.4 is 5.32 Å². The van der Waals surface area contributed by atoms with Gasteiger partial charge < -0.3 is 10.1 Å². The average Bonchev–Trinajstić information content (AvgIpc) is 3.12. The van der Waals surface area contributed by atoms with Crippen molar-refractivity contribution in [3.05, 3.63) is 54.1 Å². The number of nitrogens with zero attached hydrogens (tertiary/aromatic N) is 1.